The summed E-state index contributed by atoms with van der Waals surface area (Å²) >= 11 is 0. The molecule has 2 aromatic carbocycles. The van der Waals surface area contributed by atoms with Crippen LogP contribution in [0.2, 0.25) is 0 Å². The molecule has 0 amide bonds. The second kappa shape index (κ2) is 10.1. The van der Waals surface area contributed by atoms with Gasteiger partial charge >= 0.3 is 6.18 Å². The number of aliphatic hydroxyl groups is 1. The number of aliphatic hydroxyl groups excluding tert-OH is 1. The summed E-state index contributed by atoms with van der Waals surface area (Å²) in [4.78, 5) is 13.3. The Morgan fingerprint density at radius 2 is 1.77 bits per heavy atom. The predicted octanol–water partition coefficient (Wildman–Crippen LogP) is 5.44. The number of nitrogens with zero attached hydrogens (tertiary/aromatic N) is 1. The minimum absolute atomic E-state index is 0.186. The number of rotatable bonds is 9. The summed E-state index contributed by atoms with van der Waals surface area (Å²) in [5.74, 6) is 0. The topological polar surface area (TPSA) is 49.8 Å². The maximum absolute atomic E-state index is 13.3. The molecule has 4 nitrogen and oxygen atoms in total. The Morgan fingerprint density at radius 3 is 2.33 bits per heavy atom. The SMILES string of the molecule is CC(C)(C)OC(O)CCCN(Cc1ccccc1)c1cc(C(F)(F)F)ccc1C=O. The summed E-state index contributed by atoms with van der Waals surface area (Å²) in [5, 5.41) is 10.1. The van der Waals surface area contributed by atoms with Gasteiger partial charge in [-0.25, -0.2) is 0 Å². The van der Waals surface area contributed by atoms with E-state index in [1.54, 1.807) is 4.90 Å². The predicted molar refractivity (Wildman–Crippen MR) is 110 cm³/mol. The van der Waals surface area contributed by atoms with Crippen LogP contribution in [0, 0.1) is 0 Å². The van der Waals surface area contributed by atoms with Crippen molar-refractivity contribution in [3.63, 3.8) is 0 Å². The van der Waals surface area contributed by atoms with Crippen molar-refractivity contribution in [3.05, 3.63) is 65.2 Å². The number of carbonyl (C=O) groups excluding carboxylic acids is 1. The van der Waals surface area contributed by atoms with Gasteiger partial charge in [-0.2, -0.15) is 13.2 Å². The molecule has 0 aliphatic heterocycles. The first-order chi connectivity index (χ1) is 14.0. The van der Waals surface area contributed by atoms with Crippen LogP contribution < -0.4 is 4.90 Å². The van der Waals surface area contributed by atoms with Crippen LogP contribution in [0.5, 0.6) is 0 Å². The third-order valence-electron chi connectivity index (χ3n) is 4.41. The van der Waals surface area contributed by atoms with Gasteiger partial charge in [-0.3, -0.25) is 4.79 Å². The number of carbonyl (C=O) groups is 1. The highest BCUT2D eigenvalue weighted by Gasteiger charge is 2.31. The summed E-state index contributed by atoms with van der Waals surface area (Å²) < 4.78 is 45.2. The molecule has 0 aliphatic carbocycles. The zero-order chi connectivity index (χ0) is 22.4. The van der Waals surface area contributed by atoms with E-state index in [2.05, 4.69) is 0 Å². The number of hydrogen-bond acceptors (Lipinski definition) is 4. The van der Waals surface area contributed by atoms with Crippen LogP contribution in [0.3, 0.4) is 0 Å². The molecule has 2 rings (SSSR count). The van der Waals surface area contributed by atoms with Crippen LogP contribution in [0.15, 0.2) is 48.5 Å². The Hall–Kier alpha value is -2.38. The Morgan fingerprint density at radius 1 is 1.10 bits per heavy atom. The van der Waals surface area contributed by atoms with E-state index in [0.717, 1.165) is 17.7 Å². The van der Waals surface area contributed by atoms with Gasteiger partial charge < -0.3 is 14.7 Å². The van der Waals surface area contributed by atoms with Crippen molar-refractivity contribution in [1.29, 1.82) is 0 Å². The van der Waals surface area contributed by atoms with Crippen molar-refractivity contribution in [2.24, 2.45) is 0 Å². The van der Waals surface area contributed by atoms with Gasteiger partial charge in [-0.15, -0.1) is 0 Å². The third-order valence-corrected chi connectivity index (χ3v) is 4.41. The van der Waals surface area contributed by atoms with E-state index in [1.165, 1.54) is 6.07 Å². The molecule has 0 saturated carbocycles. The minimum Gasteiger partial charge on any atom is -0.368 e. The summed E-state index contributed by atoms with van der Waals surface area (Å²) in [5.41, 5.74) is -0.00894. The second-order valence-electron chi connectivity index (χ2n) is 8.12. The summed E-state index contributed by atoms with van der Waals surface area (Å²) in [7, 11) is 0. The lowest BCUT2D eigenvalue weighted by Gasteiger charge is -2.28. The van der Waals surface area contributed by atoms with Crippen molar-refractivity contribution >= 4 is 12.0 Å². The van der Waals surface area contributed by atoms with Crippen LogP contribution in [-0.4, -0.2) is 29.8 Å². The lowest BCUT2D eigenvalue weighted by molar-refractivity contribution is -0.168. The van der Waals surface area contributed by atoms with Gasteiger partial charge in [-0.1, -0.05) is 30.3 Å². The highest BCUT2D eigenvalue weighted by Crippen LogP contribution is 2.34. The first-order valence-corrected chi connectivity index (χ1v) is 9.81. The van der Waals surface area contributed by atoms with E-state index in [4.69, 9.17) is 4.74 Å². The van der Waals surface area contributed by atoms with Gasteiger partial charge in [0.25, 0.3) is 0 Å². The highest BCUT2D eigenvalue weighted by molar-refractivity contribution is 5.85. The van der Waals surface area contributed by atoms with Gasteiger partial charge in [0.1, 0.15) is 0 Å². The Labute approximate surface area is 175 Å². The number of alkyl halides is 3. The van der Waals surface area contributed by atoms with Crippen molar-refractivity contribution in [2.75, 3.05) is 11.4 Å². The Bertz CT molecular complexity index is 817. The molecule has 7 heteroatoms. The van der Waals surface area contributed by atoms with Gasteiger partial charge in [0.2, 0.25) is 0 Å². The molecule has 0 spiro atoms. The lowest BCUT2D eigenvalue weighted by atomic mass is 10.1. The van der Waals surface area contributed by atoms with Crippen LogP contribution in [0.25, 0.3) is 0 Å². The van der Waals surface area contributed by atoms with Gasteiger partial charge in [0, 0.05) is 24.3 Å². The highest BCUT2D eigenvalue weighted by atomic mass is 19.4. The van der Waals surface area contributed by atoms with Crippen LogP contribution in [0.1, 0.15) is 55.1 Å². The normalized spacial score (nSPS) is 13.2. The van der Waals surface area contributed by atoms with E-state index in [-0.39, 0.29) is 11.3 Å². The Kier molecular flexibility index (Phi) is 8.03. The number of ether oxygens (including phenoxy) is 1. The Balaban J connectivity index is 2.26. The van der Waals surface area contributed by atoms with E-state index < -0.39 is 23.6 Å². The maximum atomic E-state index is 13.3. The molecule has 164 valence electrons. The number of halogens is 3. The maximum Gasteiger partial charge on any atom is 0.416 e. The monoisotopic (exact) mass is 423 g/mol. The molecule has 0 bridgehead atoms. The number of anilines is 1. The smallest absolute Gasteiger partial charge is 0.368 e. The largest absolute Gasteiger partial charge is 0.416 e. The molecule has 30 heavy (non-hydrogen) atoms. The first-order valence-electron chi connectivity index (χ1n) is 9.81. The lowest BCUT2D eigenvalue weighted by Crippen LogP contribution is -2.29. The fourth-order valence-corrected chi connectivity index (χ4v) is 3.11. The molecule has 1 unspecified atom stereocenters. The molecule has 0 aliphatic rings. The molecule has 0 fully saturated rings. The minimum atomic E-state index is -4.51. The van der Waals surface area contributed by atoms with Gasteiger partial charge in [0.15, 0.2) is 12.6 Å². The van der Waals surface area contributed by atoms with E-state index in [0.29, 0.717) is 32.2 Å². The molecule has 0 aromatic heterocycles. The fourth-order valence-electron chi connectivity index (χ4n) is 3.11. The quantitative estimate of drug-likeness (QED) is 0.431. The average Bonchev–Trinajstić information content (AvgIpc) is 2.65. The van der Waals surface area contributed by atoms with E-state index in [1.807, 2.05) is 51.1 Å². The summed E-state index contributed by atoms with van der Waals surface area (Å²) in [6, 6.07) is 12.4. The molecule has 0 saturated heterocycles. The van der Waals surface area contributed by atoms with Crippen LogP contribution in [-0.2, 0) is 17.5 Å². The standard InChI is InChI=1S/C23H28F3NO3/c1-22(2,3)30-21(29)10-7-13-27(15-17-8-5-4-6-9-17)20-14-19(23(24,25)26)12-11-18(20)16-28/h4-6,8-9,11-12,14,16,21,29H,7,10,13,15H2,1-3H3. The molecule has 1 N–H and O–H groups in total. The molecule has 0 heterocycles. The van der Waals surface area contributed by atoms with Gasteiger partial charge in [0.05, 0.1) is 11.2 Å². The van der Waals surface area contributed by atoms with Crippen LogP contribution >= 0.6 is 0 Å². The van der Waals surface area contributed by atoms with Crippen molar-refractivity contribution in [3.8, 4) is 0 Å². The molecule has 1 atom stereocenters. The summed E-state index contributed by atoms with van der Waals surface area (Å²) in [6.45, 7) is 6.17. The average molecular weight is 423 g/mol. The summed E-state index contributed by atoms with van der Waals surface area (Å²) in [6.07, 6.45) is -4.14. The molecular weight excluding hydrogens is 395 g/mol. The zero-order valence-corrected chi connectivity index (χ0v) is 17.4. The van der Waals surface area contributed by atoms with Crippen molar-refractivity contribution < 1.29 is 27.8 Å². The second-order valence-corrected chi connectivity index (χ2v) is 8.12. The number of aldehydes is 1. The third kappa shape index (κ3) is 7.46. The zero-order valence-electron chi connectivity index (χ0n) is 17.4. The molecular formula is C23H28F3NO3. The fraction of sp³-hybridized carbons (Fsp3) is 0.435. The molecule has 0 radical (unpaired) electrons. The number of benzene rings is 2. The van der Waals surface area contributed by atoms with Crippen molar-refractivity contribution in [2.45, 2.75) is 58.2 Å². The van der Waals surface area contributed by atoms with Crippen molar-refractivity contribution in [1.82, 2.24) is 0 Å². The van der Waals surface area contributed by atoms with E-state index >= 15 is 0 Å². The van der Waals surface area contributed by atoms with Crippen LogP contribution in [0.4, 0.5) is 18.9 Å². The molecule has 2 aromatic rings. The van der Waals surface area contributed by atoms with Gasteiger partial charge in [-0.05, 0) is 57.4 Å². The first kappa shape index (κ1) is 23.9. The van der Waals surface area contributed by atoms with E-state index in [9.17, 15) is 23.1 Å². The number of hydrogen-bond donors (Lipinski definition) is 1.